The number of nitrogens with zero attached hydrogens (tertiary/aromatic N) is 1. The van der Waals surface area contributed by atoms with Crippen LogP contribution in [0.5, 0.6) is 0 Å². The fourth-order valence-electron chi connectivity index (χ4n) is 3.10. The number of rotatable bonds is 8. The summed E-state index contributed by atoms with van der Waals surface area (Å²) in [5.74, 6) is 0.814. The Bertz CT molecular complexity index is 185. The molecule has 2 N–H and O–H groups in total. The van der Waals surface area contributed by atoms with Gasteiger partial charge in [0, 0.05) is 12.1 Å². The molecule has 0 aromatic rings. The molecule has 0 saturated heterocycles. The van der Waals surface area contributed by atoms with Gasteiger partial charge in [0.1, 0.15) is 0 Å². The average molecular weight is 240 g/mol. The van der Waals surface area contributed by atoms with Gasteiger partial charge < -0.3 is 5.73 Å². The van der Waals surface area contributed by atoms with Crippen molar-refractivity contribution in [2.45, 2.75) is 77.8 Å². The maximum absolute atomic E-state index is 5.77. The summed E-state index contributed by atoms with van der Waals surface area (Å²) in [5.41, 5.74) is 5.77. The van der Waals surface area contributed by atoms with Crippen LogP contribution >= 0.6 is 0 Å². The molecule has 17 heavy (non-hydrogen) atoms. The molecule has 1 aliphatic carbocycles. The lowest BCUT2D eigenvalue weighted by Gasteiger charge is -2.36. The summed E-state index contributed by atoms with van der Waals surface area (Å²) in [5, 5.41) is 0. The molecule has 1 unspecified atom stereocenters. The van der Waals surface area contributed by atoms with E-state index in [-0.39, 0.29) is 0 Å². The van der Waals surface area contributed by atoms with E-state index < -0.39 is 0 Å². The monoisotopic (exact) mass is 240 g/mol. The summed E-state index contributed by atoms with van der Waals surface area (Å²) in [4.78, 5) is 2.79. The van der Waals surface area contributed by atoms with E-state index >= 15 is 0 Å². The van der Waals surface area contributed by atoms with Crippen molar-refractivity contribution in [2.75, 3.05) is 13.1 Å². The van der Waals surface area contributed by atoms with Crippen LogP contribution in [0.3, 0.4) is 0 Å². The Morgan fingerprint density at radius 3 is 2.29 bits per heavy atom. The zero-order valence-electron chi connectivity index (χ0n) is 12.1. The zero-order valence-corrected chi connectivity index (χ0v) is 12.1. The Balaban J connectivity index is 2.55. The predicted octanol–water partition coefficient (Wildman–Crippen LogP) is 3.40. The smallest absolute Gasteiger partial charge is 0.0108 e. The number of hydrogen-bond donors (Lipinski definition) is 1. The molecule has 0 heterocycles. The summed E-state index contributed by atoms with van der Waals surface area (Å²) in [7, 11) is 0. The van der Waals surface area contributed by atoms with Gasteiger partial charge in [-0.25, -0.2) is 0 Å². The van der Waals surface area contributed by atoms with Crippen LogP contribution in [0.4, 0.5) is 0 Å². The molecule has 102 valence electrons. The lowest BCUT2D eigenvalue weighted by atomic mass is 10.0. The predicted molar refractivity (Wildman–Crippen MR) is 76.2 cm³/mol. The molecule has 1 aliphatic rings. The Morgan fingerprint density at radius 2 is 1.82 bits per heavy atom. The lowest BCUT2D eigenvalue weighted by molar-refractivity contribution is 0.119. The molecular weight excluding hydrogens is 208 g/mol. The minimum absolute atomic E-state index is 0.724. The van der Waals surface area contributed by atoms with Gasteiger partial charge in [-0.05, 0) is 51.1 Å². The van der Waals surface area contributed by atoms with Gasteiger partial charge in [-0.2, -0.15) is 0 Å². The third kappa shape index (κ3) is 4.97. The van der Waals surface area contributed by atoms with Gasteiger partial charge >= 0.3 is 0 Å². The summed E-state index contributed by atoms with van der Waals surface area (Å²) < 4.78 is 0. The Morgan fingerprint density at radius 1 is 1.18 bits per heavy atom. The minimum atomic E-state index is 0.724. The molecule has 1 atom stereocenters. The molecule has 2 heteroatoms. The molecule has 2 nitrogen and oxygen atoms in total. The van der Waals surface area contributed by atoms with Crippen molar-refractivity contribution in [3.8, 4) is 0 Å². The van der Waals surface area contributed by atoms with E-state index in [1.807, 2.05) is 0 Å². The molecule has 0 aromatic heterocycles. The van der Waals surface area contributed by atoms with Gasteiger partial charge in [-0.1, -0.05) is 33.6 Å². The Hall–Kier alpha value is -0.0800. The van der Waals surface area contributed by atoms with Crippen LogP contribution in [0.25, 0.3) is 0 Å². The molecule has 0 bridgehead atoms. The van der Waals surface area contributed by atoms with Crippen molar-refractivity contribution >= 4 is 0 Å². The third-order valence-electron chi connectivity index (χ3n) is 4.20. The highest BCUT2D eigenvalue weighted by Gasteiger charge is 2.27. The summed E-state index contributed by atoms with van der Waals surface area (Å²) in [6.45, 7) is 9.09. The molecule has 0 amide bonds. The lowest BCUT2D eigenvalue weighted by Crippen LogP contribution is -2.43. The van der Waals surface area contributed by atoms with Crippen molar-refractivity contribution in [1.29, 1.82) is 0 Å². The van der Waals surface area contributed by atoms with Crippen LogP contribution < -0.4 is 5.73 Å². The average Bonchev–Trinajstić information content (AvgIpc) is 2.81. The molecule has 1 saturated carbocycles. The second kappa shape index (κ2) is 8.10. The van der Waals surface area contributed by atoms with Gasteiger partial charge in [0.25, 0.3) is 0 Å². The zero-order chi connectivity index (χ0) is 12.7. The largest absolute Gasteiger partial charge is 0.330 e. The fourth-order valence-corrected chi connectivity index (χ4v) is 3.10. The maximum Gasteiger partial charge on any atom is 0.0108 e. The Labute approximate surface area is 108 Å². The van der Waals surface area contributed by atoms with Crippen LogP contribution in [0.15, 0.2) is 0 Å². The first-order chi connectivity index (χ1) is 8.19. The van der Waals surface area contributed by atoms with Crippen LogP contribution in [0, 0.1) is 5.92 Å². The van der Waals surface area contributed by atoms with E-state index in [4.69, 9.17) is 5.73 Å². The third-order valence-corrected chi connectivity index (χ3v) is 4.20. The SMILES string of the molecule is CCC(CCN)N(CCC(C)C)C1CCCC1. The van der Waals surface area contributed by atoms with Crippen LogP contribution in [0.1, 0.15) is 65.7 Å². The van der Waals surface area contributed by atoms with E-state index in [2.05, 4.69) is 25.7 Å². The second-order valence-electron chi connectivity index (χ2n) is 6.00. The van der Waals surface area contributed by atoms with E-state index in [1.165, 1.54) is 51.5 Å². The highest BCUT2D eigenvalue weighted by atomic mass is 15.2. The van der Waals surface area contributed by atoms with E-state index in [9.17, 15) is 0 Å². The van der Waals surface area contributed by atoms with Crippen molar-refractivity contribution in [2.24, 2.45) is 11.7 Å². The molecule has 0 aliphatic heterocycles. The summed E-state index contributed by atoms with van der Waals surface area (Å²) in [6, 6.07) is 1.58. The van der Waals surface area contributed by atoms with Crippen molar-refractivity contribution in [3.63, 3.8) is 0 Å². The van der Waals surface area contributed by atoms with Gasteiger partial charge in [0.15, 0.2) is 0 Å². The summed E-state index contributed by atoms with van der Waals surface area (Å²) >= 11 is 0. The molecule has 0 aromatic carbocycles. The van der Waals surface area contributed by atoms with Crippen LogP contribution in [-0.2, 0) is 0 Å². The van der Waals surface area contributed by atoms with E-state index in [0.29, 0.717) is 0 Å². The van der Waals surface area contributed by atoms with E-state index in [1.54, 1.807) is 0 Å². The van der Waals surface area contributed by atoms with Gasteiger partial charge in [-0.3, -0.25) is 4.90 Å². The van der Waals surface area contributed by atoms with Crippen LogP contribution in [0.2, 0.25) is 0 Å². The number of hydrogen-bond acceptors (Lipinski definition) is 2. The Kier molecular flexibility index (Phi) is 7.14. The van der Waals surface area contributed by atoms with Crippen LogP contribution in [-0.4, -0.2) is 30.1 Å². The first-order valence-corrected chi connectivity index (χ1v) is 7.64. The van der Waals surface area contributed by atoms with Crippen molar-refractivity contribution in [1.82, 2.24) is 4.90 Å². The second-order valence-corrected chi connectivity index (χ2v) is 6.00. The molecule has 0 spiro atoms. The van der Waals surface area contributed by atoms with E-state index in [0.717, 1.165) is 24.5 Å². The highest BCUT2D eigenvalue weighted by molar-refractivity contribution is 4.82. The first-order valence-electron chi connectivity index (χ1n) is 7.64. The molecular formula is C15H32N2. The normalized spacial score (nSPS) is 19.4. The topological polar surface area (TPSA) is 29.3 Å². The minimum Gasteiger partial charge on any atom is -0.330 e. The number of nitrogens with two attached hydrogens (primary N) is 1. The first kappa shape index (κ1) is 15.0. The standard InChI is InChI=1S/C15H32N2/c1-4-14(9-11-16)17(12-10-13(2)3)15-7-5-6-8-15/h13-15H,4-12,16H2,1-3H3. The fraction of sp³-hybridized carbons (Fsp3) is 1.00. The van der Waals surface area contributed by atoms with Crippen molar-refractivity contribution in [3.05, 3.63) is 0 Å². The highest BCUT2D eigenvalue weighted by Crippen LogP contribution is 2.27. The maximum atomic E-state index is 5.77. The van der Waals surface area contributed by atoms with Gasteiger partial charge in [0.2, 0.25) is 0 Å². The molecule has 0 radical (unpaired) electrons. The van der Waals surface area contributed by atoms with Gasteiger partial charge in [-0.15, -0.1) is 0 Å². The quantitative estimate of drug-likeness (QED) is 0.704. The van der Waals surface area contributed by atoms with Gasteiger partial charge in [0.05, 0.1) is 0 Å². The molecule has 1 rings (SSSR count). The van der Waals surface area contributed by atoms with Crippen molar-refractivity contribution < 1.29 is 0 Å². The summed E-state index contributed by atoms with van der Waals surface area (Å²) in [6.07, 6.45) is 9.45. The molecule has 1 fully saturated rings.